The molecule has 0 saturated heterocycles. The molecule has 0 aliphatic carbocycles. The van der Waals surface area contributed by atoms with Crippen LogP contribution in [0.5, 0.6) is 5.75 Å². The largest absolute Gasteiger partial charge is 0.494 e. The molecule has 0 bridgehead atoms. The van der Waals surface area contributed by atoms with Gasteiger partial charge in [0.05, 0.1) is 17.7 Å². The summed E-state index contributed by atoms with van der Waals surface area (Å²) in [6.45, 7) is 1.42. The van der Waals surface area contributed by atoms with E-state index in [1.54, 1.807) is 12.1 Å². The standard InChI is InChI=1S/C9H10ClNO2/c1-5(12)8-7(11)4-3-6(10)9(8)13-2/h3-4H,11H2,1-2H3. The second-order valence-corrected chi connectivity index (χ2v) is 3.01. The Balaban J connectivity index is 3.43. The van der Waals surface area contributed by atoms with Crippen molar-refractivity contribution in [2.75, 3.05) is 12.8 Å². The molecule has 1 aromatic carbocycles. The highest BCUT2D eigenvalue weighted by molar-refractivity contribution is 6.33. The van der Waals surface area contributed by atoms with Crippen molar-refractivity contribution >= 4 is 23.1 Å². The number of carbonyl (C=O) groups is 1. The van der Waals surface area contributed by atoms with Crippen molar-refractivity contribution in [1.82, 2.24) is 0 Å². The van der Waals surface area contributed by atoms with E-state index in [1.165, 1.54) is 14.0 Å². The first-order valence-corrected chi connectivity index (χ1v) is 4.08. The van der Waals surface area contributed by atoms with Gasteiger partial charge >= 0.3 is 0 Å². The minimum atomic E-state index is -0.156. The van der Waals surface area contributed by atoms with Gasteiger partial charge in [-0.2, -0.15) is 0 Å². The van der Waals surface area contributed by atoms with E-state index in [1.807, 2.05) is 0 Å². The zero-order chi connectivity index (χ0) is 10.0. The van der Waals surface area contributed by atoms with E-state index < -0.39 is 0 Å². The fourth-order valence-electron chi connectivity index (χ4n) is 1.14. The van der Waals surface area contributed by atoms with Crippen molar-refractivity contribution in [3.05, 3.63) is 22.7 Å². The van der Waals surface area contributed by atoms with E-state index in [9.17, 15) is 4.79 Å². The summed E-state index contributed by atoms with van der Waals surface area (Å²) in [5.41, 5.74) is 6.33. The minimum absolute atomic E-state index is 0.156. The van der Waals surface area contributed by atoms with E-state index in [4.69, 9.17) is 22.1 Å². The van der Waals surface area contributed by atoms with Crippen molar-refractivity contribution in [2.45, 2.75) is 6.92 Å². The van der Waals surface area contributed by atoms with Crippen LogP contribution in [0.2, 0.25) is 5.02 Å². The maximum absolute atomic E-state index is 11.2. The molecule has 3 nitrogen and oxygen atoms in total. The highest BCUT2D eigenvalue weighted by Crippen LogP contribution is 2.32. The Morgan fingerprint density at radius 3 is 2.54 bits per heavy atom. The highest BCUT2D eigenvalue weighted by Gasteiger charge is 2.14. The fraction of sp³-hybridized carbons (Fsp3) is 0.222. The Kier molecular flexibility index (Phi) is 2.78. The van der Waals surface area contributed by atoms with Gasteiger partial charge in [-0.3, -0.25) is 4.79 Å². The van der Waals surface area contributed by atoms with E-state index >= 15 is 0 Å². The molecule has 0 unspecified atom stereocenters. The van der Waals surface area contributed by atoms with Crippen LogP contribution in [-0.4, -0.2) is 12.9 Å². The fourth-order valence-corrected chi connectivity index (χ4v) is 1.37. The molecular weight excluding hydrogens is 190 g/mol. The predicted octanol–water partition coefficient (Wildman–Crippen LogP) is 2.13. The van der Waals surface area contributed by atoms with Gasteiger partial charge in [-0.05, 0) is 19.1 Å². The summed E-state index contributed by atoms with van der Waals surface area (Å²) in [6.07, 6.45) is 0. The van der Waals surface area contributed by atoms with Gasteiger partial charge in [0.2, 0.25) is 0 Å². The SMILES string of the molecule is COc1c(Cl)ccc(N)c1C(C)=O. The lowest BCUT2D eigenvalue weighted by Gasteiger charge is -2.09. The Hall–Kier alpha value is -1.22. The number of hydrogen-bond donors (Lipinski definition) is 1. The van der Waals surface area contributed by atoms with Gasteiger partial charge < -0.3 is 10.5 Å². The molecule has 0 aliphatic rings. The summed E-state index contributed by atoms with van der Waals surface area (Å²) in [7, 11) is 1.45. The monoisotopic (exact) mass is 199 g/mol. The minimum Gasteiger partial charge on any atom is -0.494 e. The first kappa shape index (κ1) is 9.86. The van der Waals surface area contributed by atoms with Crippen molar-refractivity contribution in [3.8, 4) is 5.75 Å². The van der Waals surface area contributed by atoms with Crippen molar-refractivity contribution in [2.24, 2.45) is 0 Å². The third-order valence-electron chi connectivity index (χ3n) is 1.70. The molecule has 0 atom stereocenters. The maximum Gasteiger partial charge on any atom is 0.165 e. The van der Waals surface area contributed by atoms with Crippen LogP contribution in [0, 0.1) is 0 Å². The quantitative estimate of drug-likeness (QED) is 0.587. The molecule has 0 aromatic heterocycles. The number of nitrogens with two attached hydrogens (primary N) is 1. The molecule has 1 aromatic rings. The summed E-state index contributed by atoms with van der Waals surface area (Å²) < 4.78 is 4.99. The number of halogens is 1. The summed E-state index contributed by atoms with van der Waals surface area (Å²) >= 11 is 5.81. The molecule has 0 amide bonds. The summed E-state index contributed by atoms with van der Waals surface area (Å²) in [5.74, 6) is 0.186. The Labute approximate surface area is 81.4 Å². The van der Waals surface area contributed by atoms with Crippen LogP contribution in [0.15, 0.2) is 12.1 Å². The van der Waals surface area contributed by atoms with Crippen molar-refractivity contribution in [1.29, 1.82) is 0 Å². The lowest BCUT2D eigenvalue weighted by Crippen LogP contribution is -2.03. The molecule has 70 valence electrons. The molecule has 0 saturated carbocycles. The van der Waals surface area contributed by atoms with Gasteiger partial charge in [0.25, 0.3) is 0 Å². The highest BCUT2D eigenvalue weighted by atomic mass is 35.5. The number of methoxy groups -OCH3 is 1. The van der Waals surface area contributed by atoms with Gasteiger partial charge in [0, 0.05) is 5.69 Å². The summed E-state index contributed by atoms with van der Waals surface area (Å²) in [5, 5.41) is 0.391. The molecule has 0 heterocycles. The number of ether oxygens (including phenoxy) is 1. The third kappa shape index (κ3) is 1.75. The molecule has 0 fully saturated rings. The van der Waals surface area contributed by atoms with Crippen LogP contribution in [-0.2, 0) is 0 Å². The smallest absolute Gasteiger partial charge is 0.165 e. The third-order valence-corrected chi connectivity index (χ3v) is 2.00. The molecular formula is C9H10ClNO2. The van der Waals surface area contributed by atoms with Gasteiger partial charge in [-0.25, -0.2) is 0 Å². The molecule has 4 heteroatoms. The van der Waals surface area contributed by atoms with Gasteiger partial charge in [0.15, 0.2) is 5.78 Å². The van der Waals surface area contributed by atoms with Crippen LogP contribution in [0.4, 0.5) is 5.69 Å². The zero-order valence-electron chi connectivity index (χ0n) is 7.43. The molecule has 0 spiro atoms. The Bertz CT molecular complexity index is 350. The van der Waals surface area contributed by atoms with E-state index in [-0.39, 0.29) is 5.78 Å². The maximum atomic E-state index is 11.2. The van der Waals surface area contributed by atoms with Crippen molar-refractivity contribution in [3.63, 3.8) is 0 Å². The number of ketones is 1. The zero-order valence-corrected chi connectivity index (χ0v) is 8.18. The Morgan fingerprint density at radius 2 is 2.15 bits per heavy atom. The number of anilines is 1. The van der Waals surface area contributed by atoms with E-state index in [0.29, 0.717) is 22.0 Å². The van der Waals surface area contributed by atoms with Crippen LogP contribution < -0.4 is 10.5 Å². The lowest BCUT2D eigenvalue weighted by molar-refractivity contribution is 0.101. The average Bonchev–Trinajstić information content (AvgIpc) is 2.07. The number of carbonyl (C=O) groups excluding carboxylic acids is 1. The van der Waals surface area contributed by atoms with E-state index in [2.05, 4.69) is 0 Å². The summed E-state index contributed by atoms with van der Waals surface area (Å²) in [6, 6.07) is 3.18. The number of hydrogen-bond acceptors (Lipinski definition) is 3. The first-order chi connectivity index (χ1) is 6.07. The second-order valence-electron chi connectivity index (χ2n) is 2.60. The Morgan fingerprint density at radius 1 is 1.54 bits per heavy atom. The molecule has 0 radical (unpaired) electrons. The van der Waals surface area contributed by atoms with Gasteiger partial charge in [-0.1, -0.05) is 11.6 Å². The topological polar surface area (TPSA) is 52.3 Å². The normalized spacial score (nSPS) is 9.77. The van der Waals surface area contributed by atoms with Crippen molar-refractivity contribution < 1.29 is 9.53 Å². The second kappa shape index (κ2) is 3.66. The van der Waals surface area contributed by atoms with Gasteiger partial charge in [-0.15, -0.1) is 0 Å². The molecule has 1 rings (SSSR count). The lowest BCUT2D eigenvalue weighted by atomic mass is 10.1. The summed E-state index contributed by atoms with van der Waals surface area (Å²) in [4.78, 5) is 11.2. The number of rotatable bonds is 2. The van der Waals surface area contributed by atoms with Crippen LogP contribution in [0.25, 0.3) is 0 Å². The van der Waals surface area contributed by atoms with Crippen LogP contribution >= 0.6 is 11.6 Å². The number of Topliss-reactive ketones (excluding diaryl/α,β-unsaturated/α-hetero) is 1. The molecule has 2 N–H and O–H groups in total. The molecule has 13 heavy (non-hydrogen) atoms. The number of benzene rings is 1. The van der Waals surface area contributed by atoms with E-state index in [0.717, 1.165) is 0 Å². The molecule has 0 aliphatic heterocycles. The predicted molar refractivity (Wildman–Crippen MR) is 52.4 cm³/mol. The number of nitrogen functional groups attached to an aromatic ring is 1. The first-order valence-electron chi connectivity index (χ1n) is 3.70. The van der Waals surface area contributed by atoms with Gasteiger partial charge in [0.1, 0.15) is 5.75 Å². The van der Waals surface area contributed by atoms with Crippen LogP contribution in [0.1, 0.15) is 17.3 Å². The average molecular weight is 200 g/mol. The van der Waals surface area contributed by atoms with Crippen LogP contribution in [0.3, 0.4) is 0 Å².